The van der Waals surface area contributed by atoms with Crippen molar-refractivity contribution in [3.05, 3.63) is 46.2 Å². The van der Waals surface area contributed by atoms with E-state index in [0.29, 0.717) is 6.61 Å². The Morgan fingerprint density at radius 2 is 2.05 bits per heavy atom. The number of ether oxygens (including phenoxy) is 1. The Bertz CT molecular complexity index is 522. The molecule has 1 heterocycles. The second-order valence-corrected chi connectivity index (χ2v) is 5.27. The van der Waals surface area contributed by atoms with E-state index in [2.05, 4.69) is 33.3 Å². The highest BCUT2D eigenvalue weighted by Crippen LogP contribution is 2.15. The van der Waals surface area contributed by atoms with Crippen molar-refractivity contribution in [1.29, 1.82) is 0 Å². The Hall–Kier alpha value is -1.33. The first-order valence-corrected chi connectivity index (χ1v) is 7.02. The van der Waals surface area contributed by atoms with Crippen LogP contribution in [0.3, 0.4) is 0 Å². The number of aryl methyl sites for hydroxylation is 1. The average molecular weight is 324 g/mol. The molecular formula is C14H18BrN3O. The summed E-state index contributed by atoms with van der Waals surface area (Å²) in [6.45, 7) is 4.36. The van der Waals surface area contributed by atoms with Crippen molar-refractivity contribution in [2.45, 2.75) is 13.5 Å². The molecule has 4 nitrogen and oxygen atoms in total. The molecule has 19 heavy (non-hydrogen) atoms. The third-order valence-corrected chi connectivity index (χ3v) is 3.54. The Kier molecular flexibility index (Phi) is 4.99. The van der Waals surface area contributed by atoms with E-state index in [9.17, 15) is 0 Å². The van der Waals surface area contributed by atoms with Crippen LogP contribution in [-0.2, 0) is 13.6 Å². The molecule has 0 aliphatic carbocycles. The lowest BCUT2D eigenvalue weighted by molar-refractivity contribution is 0.313. The van der Waals surface area contributed by atoms with Crippen LogP contribution in [0, 0.1) is 6.92 Å². The third-order valence-electron chi connectivity index (χ3n) is 3.01. The van der Waals surface area contributed by atoms with Gasteiger partial charge < -0.3 is 10.1 Å². The highest BCUT2D eigenvalue weighted by atomic mass is 79.9. The van der Waals surface area contributed by atoms with Crippen LogP contribution in [-0.4, -0.2) is 22.9 Å². The van der Waals surface area contributed by atoms with Crippen molar-refractivity contribution in [1.82, 2.24) is 15.1 Å². The topological polar surface area (TPSA) is 39.1 Å². The number of hydrogen-bond acceptors (Lipinski definition) is 3. The largest absolute Gasteiger partial charge is 0.492 e. The number of nitrogens with one attached hydrogen (secondary N) is 1. The van der Waals surface area contributed by atoms with Gasteiger partial charge in [-0.25, -0.2) is 0 Å². The van der Waals surface area contributed by atoms with E-state index in [4.69, 9.17) is 4.74 Å². The highest BCUT2D eigenvalue weighted by Gasteiger charge is 2.02. The molecule has 0 fully saturated rings. The van der Waals surface area contributed by atoms with Crippen molar-refractivity contribution in [2.75, 3.05) is 13.2 Å². The van der Waals surface area contributed by atoms with Crippen LogP contribution in [0.1, 0.15) is 11.3 Å². The third kappa shape index (κ3) is 4.08. The van der Waals surface area contributed by atoms with Gasteiger partial charge in [-0.2, -0.15) is 5.10 Å². The van der Waals surface area contributed by atoms with E-state index in [-0.39, 0.29) is 0 Å². The van der Waals surface area contributed by atoms with Crippen LogP contribution in [0.5, 0.6) is 5.75 Å². The summed E-state index contributed by atoms with van der Waals surface area (Å²) in [5.74, 6) is 0.891. The van der Waals surface area contributed by atoms with E-state index in [1.54, 1.807) is 0 Å². The summed E-state index contributed by atoms with van der Waals surface area (Å²) >= 11 is 3.40. The molecule has 1 N–H and O–H groups in total. The average Bonchev–Trinajstić information content (AvgIpc) is 2.72. The summed E-state index contributed by atoms with van der Waals surface area (Å²) < 4.78 is 8.57. The SMILES string of the molecule is Cc1c(CNCCOc2ccc(Br)cc2)cnn1C. The molecule has 0 atom stereocenters. The minimum absolute atomic E-state index is 0.654. The zero-order valence-corrected chi connectivity index (χ0v) is 12.8. The molecule has 0 saturated heterocycles. The quantitative estimate of drug-likeness (QED) is 0.831. The van der Waals surface area contributed by atoms with Crippen LogP contribution < -0.4 is 10.1 Å². The van der Waals surface area contributed by atoms with Crippen molar-refractivity contribution < 1.29 is 4.74 Å². The van der Waals surface area contributed by atoms with Crippen LogP contribution in [0.25, 0.3) is 0 Å². The first-order chi connectivity index (χ1) is 9.16. The molecule has 0 amide bonds. The van der Waals surface area contributed by atoms with Gasteiger partial charge >= 0.3 is 0 Å². The molecule has 2 rings (SSSR count). The summed E-state index contributed by atoms with van der Waals surface area (Å²) in [4.78, 5) is 0. The summed E-state index contributed by atoms with van der Waals surface area (Å²) in [5.41, 5.74) is 2.42. The molecule has 1 aromatic heterocycles. The van der Waals surface area contributed by atoms with E-state index >= 15 is 0 Å². The van der Waals surface area contributed by atoms with Gasteiger partial charge in [0.25, 0.3) is 0 Å². The Labute approximate surface area is 121 Å². The fraction of sp³-hybridized carbons (Fsp3) is 0.357. The molecule has 0 unspecified atom stereocenters. The first-order valence-electron chi connectivity index (χ1n) is 6.23. The highest BCUT2D eigenvalue weighted by molar-refractivity contribution is 9.10. The summed E-state index contributed by atoms with van der Waals surface area (Å²) in [6.07, 6.45) is 1.90. The first kappa shape index (κ1) is 14.1. The number of rotatable bonds is 6. The molecule has 102 valence electrons. The molecular weight excluding hydrogens is 306 g/mol. The maximum Gasteiger partial charge on any atom is 0.119 e. The predicted molar refractivity (Wildman–Crippen MR) is 79.3 cm³/mol. The molecule has 0 aliphatic heterocycles. The number of halogens is 1. The van der Waals surface area contributed by atoms with Crippen molar-refractivity contribution >= 4 is 15.9 Å². The molecule has 0 bridgehead atoms. The van der Waals surface area contributed by atoms with Gasteiger partial charge in [-0.15, -0.1) is 0 Å². The summed E-state index contributed by atoms with van der Waals surface area (Å²) in [6, 6.07) is 7.86. The second kappa shape index (κ2) is 6.73. The Morgan fingerprint density at radius 3 is 2.68 bits per heavy atom. The van der Waals surface area contributed by atoms with E-state index in [1.165, 1.54) is 11.3 Å². The van der Waals surface area contributed by atoms with Gasteiger partial charge in [-0.05, 0) is 31.2 Å². The van der Waals surface area contributed by atoms with Gasteiger partial charge in [0.2, 0.25) is 0 Å². The summed E-state index contributed by atoms with van der Waals surface area (Å²) in [5, 5.41) is 7.56. The lowest BCUT2D eigenvalue weighted by Crippen LogP contribution is -2.20. The minimum Gasteiger partial charge on any atom is -0.492 e. The molecule has 2 aromatic rings. The van der Waals surface area contributed by atoms with Crippen LogP contribution in [0.15, 0.2) is 34.9 Å². The molecule has 0 aliphatic rings. The normalized spacial score (nSPS) is 10.7. The van der Waals surface area contributed by atoms with E-state index < -0.39 is 0 Å². The van der Waals surface area contributed by atoms with Crippen molar-refractivity contribution in [2.24, 2.45) is 7.05 Å². The van der Waals surface area contributed by atoms with E-state index in [1.807, 2.05) is 42.2 Å². The van der Waals surface area contributed by atoms with Gasteiger partial charge in [0.05, 0.1) is 6.20 Å². The zero-order valence-electron chi connectivity index (χ0n) is 11.2. The Balaban J connectivity index is 1.67. The molecule has 0 saturated carbocycles. The lowest BCUT2D eigenvalue weighted by atomic mass is 10.2. The van der Waals surface area contributed by atoms with Crippen molar-refractivity contribution in [3.63, 3.8) is 0 Å². The number of aromatic nitrogens is 2. The zero-order chi connectivity index (χ0) is 13.7. The van der Waals surface area contributed by atoms with Crippen LogP contribution >= 0.6 is 15.9 Å². The number of nitrogens with zero attached hydrogens (tertiary/aromatic N) is 2. The number of benzene rings is 1. The second-order valence-electron chi connectivity index (χ2n) is 4.36. The van der Waals surface area contributed by atoms with E-state index in [0.717, 1.165) is 23.3 Å². The standard InChI is InChI=1S/C14H18BrN3O/c1-11-12(10-17-18(11)2)9-16-7-8-19-14-5-3-13(15)4-6-14/h3-6,10,16H,7-9H2,1-2H3. The van der Waals surface area contributed by atoms with Gasteiger partial charge in [0, 0.05) is 35.9 Å². The fourth-order valence-corrected chi connectivity index (χ4v) is 1.98. The summed E-state index contributed by atoms with van der Waals surface area (Å²) in [7, 11) is 1.95. The lowest BCUT2D eigenvalue weighted by Gasteiger charge is -2.07. The Morgan fingerprint density at radius 1 is 1.32 bits per heavy atom. The smallest absolute Gasteiger partial charge is 0.119 e. The molecule has 5 heteroatoms. The number of hydrogen-bond donors (Lipinski definition) is 1. The maximum atomic E-state index is 5.63. The van der Waals surface area contributed by atoms with Gasteiger partial charge in [-0.3, -0.25) is 4.68 Å². The molecule has 1 aromatic carbocycles. The molecule has 0 spiro atoms. The fourth-order valence-electron chi connectivity index (χ4n) is 1.71. The van der Waals surface area contributed by atoms with Crippen LogP contribution in [0.4, 0.5) is 0 Å². The predicted octanol–water partition coefficient (Wildman–Crippen LogP) is 2.66. The van der Waals surface area contributed by atoms with Crippen molar-refractivity contribution in [3.8, 4) is 5.75 Å². The van der Waals surface area contributed by atoms with Gasteiger partial charge in [0.1, 0.15) is 12.4 Å². The van der Waals surface area contributed by atoms with Gasteiger partial charge in [-0.1, -0.05) is 15.9 Å². The molecule has 0 radical (unpaired) electrons. The van der Waals surface area contributed by atoms with Crippen LogP contribution in [0.2, 0.25) is 0 Å². The minimum atomic E-state index is 0.654. The maximum absolute atomic E-state index is 5.63. The monoisotopic (exact) mass is 323 g/mol. The van der Waals surface area contributed by atoms with Gasteiger partial charge in [0.15, 0.2) is 0 Å².